The number of nitrogens with zero attached hydrogens (tertiary/aromatic N) is 1. The van der Waals surface area contributed by atoms with Gasteiger partial charge in [-0.1, -0.05) is 54.1 Å². The first-order chi connectivity index (χ1) is 13.5. The molecule has 0 spiro atoms. The Bertz CT molecular complexity index is 857. The van der Waals surface area contributed by atoms with E-state index in [9.17, 15) is 14.4 Å². The van der Waals surface area contributed by atoms with Crippen molar-refractivity contribution in [1.82, 2.24) is 10.2 Å². The molecule has 2 aromatic carbocycles. The number of carbonyl (C=O) groups is 3. The molecule has 1 aliphatic heterocycles. The Balaban J connectivity index is 1.85. The number of hydrogen-bond acceptors (Lipinski definition) is 4. The van der Waals surface area contributed by atoms with Gasteiger partial charge in [0.1, 0.15) is 6.61 Å². The third-order valence-electron chi connectivity index (χ3n) is 4.54. The Morgan fingerprint density at radius 3 is 2.50 bits per heavy atom. The molecule has 2 aromatic rings. The number of carbonyl (C=O) groups excluding carboxylic acids is 2. The highest BCUT2D eigenvalue weighted by molar-refractivity contribution is 6.30. The van der Waals surface area contributed by atoms with Crippen LogP contribution in [0.3, 0.4) is 0 Å². The zero-order valence-corrected chi connectivity index (χ0v) is 15.6. The van der Waals surface area contributed by atoms with Gasteiger partial charge in [-0.05, 0) is 29.7 Å². The fourth-order valence-electron chi connectivity index (χ4n) is 3.17. The van der Waals surface area contributed by atoms with Crippen LogP contribution in [-0.2, 0) is 16.0 Å². The Morgan fingerprint density at radius 2 is 1.86 bits per heavy atom. The van der Waals surface area contributed by atoms with Crippen LogP contribution in [0.2, 0.25) is 5.02 Å². The molecule has 0 bridgehead atoms. The third kappa shape index (κ3) is 4.61. The van der Waals surface area contributed by atoms with Gasteiger partial charge in [0.05, 0.1) is 12.0 Å². The Labute approximate surface area is 166 Å². The van der Waals surface area contributed by atoms with Gasteiger partial charge in [0.25, 0.3) is 0 Å². The lowest BCUT2D eigenvalue weighted by atomic mass is 9.96. The van der Waals surface area contributed by atoms with Gasteiger partial charge in [-0.3, -0.25) is 4.79 Å². The van der Waals surface area contributed by atoms with Gasteiger partial charge in [0.15, 0.2) is 0 Å². The Hall–Kier alpha value is -3.06. The largest absolute Gasteiger partial charge is 0.465 e. The molecule has 7 nitrogen and oxygen atoms in total. The minimum absolute atomic E-state index is 0.0964. The van der Waals surface area contributed by atoms with Gasteiger partial charge in [-0.15, -0.1) is 0 Å². The molecule has 2 unspecified atom stereocenters. The molecule has 0 aliphatic carbocycles. The summed E-state index contributed by atoms with van der Waals surface area (Å²) in [7, 11) is 0. The molecule has 28 heavy (non-hydrogen) atoms. The first kappa shape index (κ1) is 19.7. The Kier molecular flexibility index (Phi) is 6.16. The second-order valence-corrected chi connectivity index (χ2v) is 6.86. The molecule has 1 heterocycles. The van der Waals surface area contributed by atoms with Crippen molar-refractivity contribution in [3.63, 3.8) is 0 Å². The minimum Gasteiger partial charge on any atom is -0.465 e. The maximum atomic E-state index is 13.2. The summed E-state index contributed by atoms with van der Waals surface area (Å²) >= 11 is 5.91. The average molecular weight is 403 g/mol. The van der Waals surface area contributed by atoms with Crippen molar-refractivity contribution in [2.45, 2.75) is 18.4 Å². The van der Waals surface area contributed by atoms with Crippen LogP contribution >= 0.6 is 11.6 Å². The minimum atomic E-state index is -1.25. The van der Waals surface area contributed by atoms with Crippen LogP contribution in [0.25, 0.3) is 0 Å². The van der Waals surface area contributed by atoms with Crippen LogP contribution in [0.1, 0.15) is 17.0 Å². The predicted octanol–water partition coefficient (Wildman–Crippen LogP) is 3.28. The zero-order valence-electron chi connectivity index (χ0n) is 14.9. The third-order valence-corrected chi connectivity index (χ3v) is 4.79. The van der Waals surface area contributed by atoms with Crippen LogP contribution < -0.4 is 5.32 Å². The van der Waals surface area contributed by atoms with E-state index in [1.807, 2.05) is 30.3 Å². The van der Waals surface area contributed by atoms with E-state index in [0.717, 1.165) is 10.5 Å². The molecular formula is C20H19ClN2O5. The molecule has 1 saturated heterocycles. The highest BCUT2D eigenvalue weighted by Gasteiger charge is 2.41. The summed E-state index contributed by atoms with van der Waals surface area (Å²) in [6.45, 7) is -0.0726. The number of hydrogen-bond donors (Lipinski definition) is 2. The van der Waals surface area contributed by atoms with Crippen LogP contribution in [0.4, 0.5) is 9.59 Å². The second kappa shape index (κ2) is 8.75. The first-order valence-corrected chi connectivity index (χ1v) is 9.09. The van der Waals surface area contributed by atoms with Crippen LogP contribution in [0, 0.1) is 0 Å². The molecular weight excluding hydrogens is 384 g/mol. The monoisotopic (exact) mass is 402 g/mol. The topological polar surface area (TPSA) is 95.9 Å². The van der Waals surface area contributed by atoms with Crippen molar-refractivity contribution in [3.8, 4) is 0 Å². The van der Waals surface area contributed by atoms with E-state index in [1.54, 1.807) is 24.3 Å². The van der Waals surface area contributed by atoms with Gasteiger partial charge < -0.3 is 15.2 Å². The summed E-state index contributed by atoms with van der Waals surface area (Å²) in [5.74, 6) is -1.39. The van der Waals surface area contributed by atoms with Crippen LogP contribution in [-0.4, -0.2) is 47.3 Å². The number of ether oxygens (including phenoxy) is 1. The molecule has 0 aromatic heterocycles. The van der Waals surface area contributed by atoms with E-state index in [2.05, 4.69) is 5.32 Å². The predicted molar refractivity (Wildman–Crippen MR) is 102 cm³/mol. The fourth-order valence-corrected chi connectivity index (χ4v) is 3.29. The van der Waals surface area contributed by atoms with Gasteiger partial charge >= 0.3 is 12.2 Å². The lowest BCUT2D eigenvalue weighted by molar-refractivity contribution is -0.130. The average Bonchev–Trinajstić information content (AvgIpc) is 3.04. The molecule has 8 heteroatoms. The molecule has 2 N–H and O–H groups in total. The molecule has 1 fully saturated rings. The van der Waals surface area contributed by atoms with Crippen molar-refractivity contribution >= 4 is 29.7 Å². The van der Waals surface area contributed by atoms with E-state index >= 15 is 0 Å². The molecule has 1 aliphatic rings. The molecule has 2 atom stereocenters. The van der Waals surface area contributed by atoms with Crippen molar-refractivity contribution in [2.24, 2.45) is 0 Å². The molecule has 0 radical (unpaired) electrons. The summed E-state index contributed by atoms with van der Waals surface area (Å²) in [4.78, 5) is 37.5. The first-order valence-electron chi connectivity index (χ1n) is 8.71. The molecule has 0 saturated carbocycles. The van der Waals surface area contributed by atoms with E-state index < -0.39 is 30.1 Å². The van der Waals surface area contributed by atoms with Crippen molar-refractivity contribution < 1.29 is 24.2 Å². The summed E-state index contributed by atoms with van der Waals surface area (Å²) in [6.07, 6.45) is -1.52. The summed E-state index contributed by atoms with van der Waals surface area (Å²) < 4.78 is 5.11. The number of rotatable bonds is 6. The van der Waals surface area contributed by atoms with Gasteiger partial charge in [-0.25, -0.2) is 14.5 Å². The standard InChI is InChI=1S/C20H19ClN2O5/c21-15-8-6-14(7-9-15)17(11-22-19(25)26)18(24)23-16(12-28-20(23)27)10-13-4-2-1-3-5-13/h1-9,16-17,22H,10-12H2,(H,25,26). The van der Waals surface area contributed by atoms with E-state index in [1.165, 1.54) is 0 Å². The summed E-state index contributed by atoms with van der Waals surface area (Å²) in [5.41, 5.74) is 1.52. The number of cyclic esters (lactones) is 1. The SMILES string of the molecule is O=C(O)NCC(C(=O)N1C(=O)OCC1Cc1ccccc1)c1ccc(Cl)cc1. The lowest BCUT2D eigenvalue weighted by Gasteiger charge is -2.25. The van der Waals surface area contributed by atoms with Gasteiger partial charge in [0, 0.05) is 11.6 Å². The summed E-state index contributed by atoms with van der Waals surface area (Å²) in [6, 6.07) is 15.5. The second-order valence-electron chi connectivity index (χ2n) is 6.42. The van der Waals surface area contributed by atoms with Gasteiger partial charge in [-0.2, -0.15) is 0 Å². The number of benzene rings is 2. The van der Waals surface area contributed by atoms with Crippen molar-refractivity contribution in [1.29, 1.82) is 0 Å². The quantitative estimate of drug-likeness (QED) is 0.773. The smallest absolute Gasteiger partial charge is 0.417 e. The van der Waals surface area contributed by atoms with Crippen molar-refractivity contribution in [2.75, 3.05) is 13.2 Å². The van der Waals surface area contributed by atoms with Crippen LogP contribution in [0.5, 0.6) is 0 Å². The number of imide groups is 1. The Morgan fingerprint density at radius 1 is 1.18 bits per heavy atom. The van der Waals surface area contributed by atoms with Gasteiger partial charge in [0.2, 0.25) is 5.91 Å². The zero-order chi connectivity index (χ0) is 20.1. The fraction of sp³-hybridized carbons (Fsp3) is 0.250. The molecule has 146 valence electrons. The van der Waals surface area contributed by atoms with Crippen molar-refractivity contribution in [3.05, 3.63) is 70.7 Å². The normalized spacial score (nSPS) is 17.1. The molecule has 3 rings (SSSR count). The number of carboxylic acid groups (broad SMARTS) is 1. The van der Waals surface area contributed by atoms with E-state index in [0.29, 0.717) is 17.0 Å². The highest BCUT2D eigenvalue weighted by Crippen LogP contribution is 2.26. The number of nitrogens with one attached hydrogen (secondary N) is 1. The summed E-state index contributed by atoms with van der Waals surface area (Å²) in [5, 5.41) is 11.7. The number of amides is 3. The maximum Gasteiger partial charge on any atom is 0.417 e. The van der Waals surface area contributed by atoms with Crippen LogP contribution in [0.15, 0.2) is 54.6 Å². The molecule has 3 amide bonds. The number of halogens is 1. The lowest BCUT2D eigenvalue weighted by Crippen LogP contribution is -2.45. The van der Waals surface area contributed by atoms with E-state index in [-0.39, 0.29) is 13.2 Å². The highest BCUT2D eigenvalue weighted by atomic mass is 35.5. The maximum absolute atomic E-state index is 13.2. The van der Waals surface area contributed by atoms with E-state index in [4.69, 9.17) is 21.4 Å².